The van der Waals surface area contributed by atoms with Crippen LogP contribution < -0.4 is 15.0 Å². The van der Waals surface area contributed by atoms with Crippen molar-refractivity contribution in [2.24, 2.45) is 11.3 Å². The van der Waals surface area contributed by atoms with Gasteiger partial charge in [0.2, 0.25) is 5.91 Å². The van der Waals surface area contributed by atoms with Crippen molar-refractivity contribution in [2.75, 3.05) is 25.1 Å². The number of nitrogens with zero attached hydrogens (tertiary/aromatic N) is 4. The number of aromatic nitrogens is 3. The van der Waals surface area contributed by atoms with E-state index in [0.29, 0.717) is 51.0 Å². The number of carbonyl (C=O) groups is 2. The van der Waals surface area contributed by atoms with Gasteiger partial charge in [-0.15, -0.1) is 0 Å². The summed E-state index contributed by atoms with van der Waals surface area (Å²) in [5.41, 5.74) is 3.81. The second kappa shape index (κ2) is 14.8. The summed E-state index contributed by atoms with van der Waals surface area (Å²) in [7, 11) is 1.73. The molecule has 0 saturated heterocycles. The summed E-state index contributed by atoms with van der Waals surface area (Å²) in [6.07, 6.45) is 14.6. The highest BCUT2D eigenvalue weighted by atomic mass is 16.6. The van der Waals surface area contributed by atoms with Crippen LogP contribution in [0, 0.1) is 18.3 Å². The lowest BCUT2D eigenvalue weighted by molar-refractivity contribution is -0.124. The lowest BCUT2D eigenvalue weighted by Gasteiger charge is -2.55. The molecule has 2 aromatic heterocycles. The molecule has 10 heteroatoms. The van der Waals surface area contributed by atoms with E-state index in [1.165, 1.54) is 11.1 Å². The second-order valence-electron chi connectivity index (χ2n) is 17.5. The molecule has 4 aliphatic carbocycles. The van der Waals surface area contributed by atoms with E-state index in [4.69, 9.17) is 14.5 Å². The number of rotatable bonds is 11. The van der Waals surface area contributed by atoms with E-state index in [0.717, 1.165) is 55.4 Å². The molecule has 10 nitrogen and oxygen atoms in total. The Bertz CT molecular complexity index is 1700. The van der Waals surface area contributed by atoms with Gasteiger partial charge in [0.15, 0.2) is 0 Å². The van der Waals surface area contributed by atoms with Crippen LogP contribution in [-0.4, -0.2) is 63.8 Å². The molecule has 2 bridgehead atoms. The number of fused-ring (bicyclic) bond motifs is 3. The largest absolute Gasteiger partial charge is 0.496 e. The number of amides is 2. The van der Waals surface area contributed by atoms with Gasteiger partial charge in [0.05, 0.1) is 24.4 Å². The van der Waals surface area contributed by atoms with Crippen molar-refractivity contribution in [1.82, 2.24) is 20.1 Å². The van der Waals surface area contributed by atoms with Crippen LogP contribution in [0.4, 0.5) is 10.6 Å². The van der Waals surface area contributed by atoms with E-state index in [2.05, 4.69) is 68.6 Å². The molecule has 2 heterocycles. The molecule has 4 fully saturated rings. The van der Waals surface area contributed by atoms with Crippen LogP contribution in [0.3, 0.4) is 0 Å². The lowest BCUT2D eigenvalue weighted by atomic mass is 9.51. The van der Waals surface area contributed by atoms with Gasteiger partial charge in [-0.3, -0.25) is 14.4 Å². The maximum atomic E-state index is 14.7. The number of ether oxygens (including phenoxy) is 2. The Morgan fingerprint density at radius 2 is 1.67 bits per heavy atom. The number of anilines is 1. The molecule has 0 unspecified atom stereocenters. The number of pyridine rings is 1. The van der Waals surface area contributed by atoms with Gasteiger partial charge in [0, 0.05) is 37.0 Å². The maximum absolute atomic E-state index is 14.7. The van der Waals surface area contributed by atoms with E-state index in [1.54, 1.807) is 21.0 Å². The summed E-state index contributed by atoms with van der Waals surface area (Å²) in [6.45, 7) is 12.9. The Morgan fingerprint density at radius 3 is 2.27 bits per heavy atom. The van der Waals surface area contributed by atoms with Crippen molar-refractivity contribution in [2.45, 2.75) is 135 Å². The van der Waals surface area contributed by atoms with Gasteiger partial charge in [-0.25, -0.2) is 9.78 Å². The van der Waals surface area contributed by atoms with Crippen molar-refractivity contribution in [3.8, 4) is 16.9 Å². The minimum Gasteiger partial charge on any atom is -0.496 e. The van der Waals surface area contributed by atoms with Crippen molar-refractivity contribution in [3.63, 3.8) is 0 Å². The molecule has 4 aliphatic rings. The predicted octanol–water partition coefficient (Wildman–Crippen LogP) is 8.09. The van der Waals surface area contributed by atoms with Crippen LogP contribution >= 0.6 is 0 Å². The summed E-state index contributed by atoms with van der Waals surface area (Å²) < 4.78 is 13.2. The molecule has 0 radical (unpaired) electrons. The molecule has 0 aliphatic heterocycles. The fourth-order valence-electron chi connectivity index (χ4n) is 8.64. The van der Waals surface area contributed by atoms with Crippen LogP contribution in [0.1, 0.15) is 116 Å². The smallest absolute Gasteiger partial charge is 0.407 e. The molecular formula is C42H59N5O5. The zero-order valence-corrected chi connectivity index (χ0v) is 32.3. The SMILES string of the molecule is COc1ccc(C23CCC(CN(c4cc(-c5cnn(C(C)(C)C)c5)ccn4)C(=O)[C@H]4CC[C@H](OC(=O)NCCC(C)(C)O)CC4)(CC2)CC3)cc1C. The second-order valence-corrected chi connectivity index (χ2v) is 17.5. The number of alkyl carbamates (subject to hydrolysis) is 1. The van der Waals surface area contributed by atoms with Gasteiger partial charge >= 0.3 is 6.09 Å². The molecule has 7 rings (SSSR count). The van der Waals surface area contributed by atoms with Crippen molar-refractivity contribution in [1.29, 1.82) is 0 Å². The number of carbonyl (C=O) groups excluding carboxylic acids is 2. The summed E-state index contributed by atoms with van der Waals surface area (Å²) in [5.74, 6) is 1.57. The molecule has 2 amide bonds. The van der Waals surface area contributed by atoms with E-state index in [-0.39, 0.29) is 34.3 Å². The topological polar surface area (TPSA) is 119 Å². The molecule has 0 spiro atoms. The van der Waals surface area contributed by atoms with Gasteiger partial charge in [-0.05, 0) is 158 Å². The van der Waals surface area contributed by atoms with E-state index >= 15 is 0 Å². The molecule has 0 atom stereocenters. The van der Waals surface area contributed by atoms with Crippen LogP contribution in [0.15, 0.2) is 48.9 Å². The Kier molecular flexibility index (Phi) is 10.8. The van der Waals surface area contributed by atoms with Gasteiger partial charge < -0.3 is 19.9 Å². The average molecular weight is 714 g/mol. The molecule has 2 N–H and O–H groups in total. The van der Waals surface area contributed by atoms with Crippen LogP contribution in [0.5, 0.6) is 5.75 Å². The van der Waals surface area contributed by atoms with E-state index in [9.17, 15) is 14.7 Å². The molecule has 4 saturated carbocycles. The third kappa shape index (κ3) is 8.48. The fraction of sp³-hybridized carbons (Fsp3) is 0.619. The first kappa shape index (κ1) is 37.8. The van der Waals surface area contributed by atoms with Gasteiger partial charge in [0.25, 0.3) is 0 Å². The van der Waals surface area contributed by atoms with Crippen LogP contribution in [0.25, 0.3) is 11.1 Å². The number of aryl methyl sites for hydroxylation is 1. The van der Waals surface area contributed by atoms with Crippen LogP contribution in [0.2, 0.25) is 0 Å². The number of methoxy groups -OCH3 is 1. The highest BCUT2D eigenvalue weighted by molar-refractivity contribution is 5.95. The number of hydrogen-bond acceptors (Lipinski definition) is 7. The first-order valence-electron chi connectivity index (χ1n) is 19.2. The molecule has 3 aromatic rings. The standard InChI is InChI=1S/C42H59N5O5/c1-29-24-33(10-13-35(29)51-7)42-18-15-41(16-19-42,17-20-42)28-46(36-25-31(14-22-43-36)32-26-45-47(27-32)39(2,3)4)37(48)30-8-11-34(12-9-30)52-38(49)44-23-21-40(5,6)50/h10,13-14,22,24-27,30,34,50H,8-9,11-12,15-21,23,28H2,1-7H3,(H,44,49)/t30-,34-,41?,42?. The summed E-state index contributed by atoms with van der Waals surface area (Å²) in [4.78, 5) is 34.0. The number of hydrogen-bond donors (Lipinski definition) is 2. The third-order valence-corrected chi connectivity index (χ3v) is 12.1. The quantitative estimate of drug-likeness (QED) is 0.206. The summed E-state index contributed by atoms with van der Waals surface area (Å²) >= 11 is 0. The fourth-order valence-corrected chi connectivity index (χ4v) is 8.64. The van der Waals surface area contributed by atoms with Crippen molar-refractivity contribution >= 4 is 17.8 Å². The Hall–Kier alpha value is -3.92. The summed E-state index contributed by atoms with van der Waals surface area (Å²) in [5, 5.41) is 17.3. The zero-order chi connectivity index (χ0) is 37.3. The predicted molar refractivity (Wildman–Crippen MR) is 203 cm³/mol. The first-order valence-corrected chi connectivity index (χ1v) is 19.2. The molecule has 52 heavy (non-hydrogen) atoms. The minimum atomic E-state index is -0.853. The molecular weight excluding hydrogens is 654 g/mol. The van der Waals surface area contributed by atoms with E-state index < -0.39 is 11.7 Å². The molecule has 1 aromatic carbocycles. The number of aliphatic hydroxyl groups is 1. The van der Waals surface area contributed by atoms with Gasteiger partial charge in [-0.2, -0.15) is 5.10 Å². The van der Waals surface area contributed by atoms with Gasteiger partial charge in [-0.1, -0.05) is 12.1 Å². The summed E-state index contributed by atoms with van der Waals surface area (Å²) in [6, 6.07) is 10.8. The van der Waals surface area contributed by atoms with Gasteiger partial charge in [0.1, 0.15) is 17.7 Å². The van der Waals surface area contributed by atoms with Crippen LogP contribution in [-0.2, 0) is 20.5 Å². The average Bonchev–Trinajstić information content (AvgIpc) is 3.63. The first-order chi connectivity index (χ1) is 24.6. The minimum absolute atomic E-state index is 0.0370. The number of benzene rings is 1. The Balaban J connectivity index is 1.19. The maximum Gasteiger partial charge on any atom is 0.407 e. The Morgan fingerprint density at radius 1 is 0.981 bits per heavy atom. The lowest BCUT2D eigenvalue weighted by Crippen LogP contribution is -2.52. The third-order valence-electron chi connectivity index (χ3n) is 12.1. The Labute approximate surface area is 309 Å². The van der Waals surface area contributed by atoms with E-state index in [1.807, 2.05) is 28.0 Å². The highest BCUT2D eigenvalue weighted by Gasteiger charge is 2.51. The highest BCUT2D eigenvalue weighted by Crippen LogP contribution is 2.58. The normalized spacial score (nSPS) is 24.7. The zero-order valence-electron chi connectivity index (χ0n) is 32.3. The van der Waals surface area contributed by atoms with Crippen molar-refractivity contribution < 1.29 is 24.2 Å². The monoisotopic (exact) mass is 713 g/mol. The number of nitrogens with one attached hydrogen (secondary N) is 1. The van der Waals surface area contributed by atoms with Crippen molar-refractivity contribution in [3.05, 3.63) is 60.0 Å². The molecule has 282 valence electrons.